The molecule has 1 aromatic rings. The smallest absolute Gasteiger partial charge is 0.408 e. The molecule has 1 heterocycles. The third-order valence-electron chi connectivity index (χ3n) is 2.05. The monoisotopic (exact) mass is 268 g/mol. The lowest BCUT2D eigenvalue weighted by Crippen LogP contribution is -2.39. The molecular formula is C13H20N2O4. The molecule has 1 rings (SSSR count). The predicted molar refractivity (Wildman–Crippen MR) is 69.5 cm³/mol. The van der Waals surface area contributed by atoms with E-state index in [1.54, 1.807) is 26.8 Å². The Bertz CT molecular complexity index is 446. The van der Waals surface area contributed by atoms with Gasteiger partial charge in [0.15, 0.2) is 0 Å². The highest BCUT2D eigenvalue weighted by molar-refractivity contribution is 5.82. The summed E-state index contributed by atoms with van der Waals surface area (Å²) in [6.45, 7) is 7.26. The molecule has 1 aromatic heterocycles. The van der Waals surface area contributed by atoms with Gasteiger partial charge in [-0.15, -0.1) is 0 Å². The van der Waals surface area contributed by atoms with Crippen LogP contribution in [-0.4, -0.2) is 24.1 Å². The molecule has 0 fully saturated rings. The number of amides is 2. The van der Waals surface area contributed by atoms with Crippen molar-refractivity contribution in [1.82, 2.24) is 10.6 Å². The number of ether oxygens (including phenoxy) is 1. The summed E-state index contributed by atoms with van der Waals surface area (Å²) in [6.07, 6.45) is -0.614. The van der Waals surface area contributed by atoms with Gasteiger partial charge < -0.3 is 19.8 Å². The van der Waals surface area contributed by atoms with Crippen LogP contribution in [0.2, 0.25) is 0 Å². The van der Waals surface area contributed by atoms with Crippen LogP contribution in [0, 0.1) is 6.92 Å². The van der Waals surface area contributed by atoms with Gasteiger partial charge in [0.25, 0.3) is 0 Å². The summed E-state index contributed by atoms with van der Waals surface area (Å²) in [5.74, 6) is 1.15. The zero-order valence-electron chi connectivity index (χ0n) is 11.7. The first-order valence-corrected chi connectivity index (χ1v) is 6.05. The summed E-state index contributed by atoms with van der Waals surface area (Å²) in [7, 11) is 0. The predicted octanol–water partition coefficient (Wildman–Crippen LogP) is 1.73. The van der Waals surface area contributed by atoms with Crippen LogP contribution in [-0.2, 0) is 16.1 Å². The maximum absolute atomic E-state index is 11.5. The highest BCUT2D eigenvalue weighted by Gasteiger charge is 2.16. The van der Waals surface area contributed by atoms with Gasteiger partial charge in [0.1, 0.15) is 23.7 Å². The quantitative estimate of drug-likeness (QED) is 0.871. The van der Waals surface area contributed by atoms with Crippen molar-refractivity contribution in [2.45, 2.75) is 39.8 Å². The van der Waals surface area contributed by atoms with E-state index in [1.165, 1.54) is 0 Å². The minimum absolute atomic E-state index is 0.130. The molecule has 0 unspecified atom stereocenters. The summed E-state index contributed by atoms with van der Waals surface area (Å²) >= 11 is 0. The summed E-state index contributed by atoms with van der Waals surface area (Å²) < 4.78 is 10.3. The molecule has 0 saturated carbocycles. The van der Waals surface area contributed by atoms with Gasteiger partial charge in [-0.3, -0.25) is 4.79 Å². The van der Waals surface area contributed by atoms with E-state index < -0.39 is 11.7 Å². The van der Waals surface area contributed by atoms with Gasteiger partial charge in [-0.25, -0.2) is 4.79 Å². The van der Waals surface area contributed by atoms with Crippen molar-refractivity contribution < 1.29 is 18.7 Å². The molecule has 0 radical (unpaired) electrons. The molecule has 2 amide bonds. The molecule has 0 bridgehead atoms. The van der Waals surface area contributed by atoms with E-state index in [0.717, 1.165) is 5.76 Å². The van der Waals surface area contributed by atoms with Crippen molar-refractivity contribution in [3.8, 4) is 0 Å². The minimum atomic E-state index is -0.614. The second-order valence-electron chi connectivity index (χ2n) is 5.14. The Hall–Kier alpha value is -1.98. The summed E-state index contributed by atoms with van der Waals surface area (Å²) in [6, 6.07) is 3.61. The summed E-state index contributed by atoms with van der Waals surface area (Å²) in [5.41, 5.74) is -0.577. The van der Waals surface area contributed by atoms with Crippen LogP contribution >= 0.6 is 0 Å². The fourth-order valence-electron chi connectivity index (χ4n) is 1.29. The standard InChI is InChI=1S/C13H20N2O4/c1-9-5-6-10(18-9)7-14-11(16)8-15-12(17)19-13(2,3)4/h5-6H,7-8H2,1-4H3,(H,14,16)(H,15,17). The molecular weight excluding hydrogens is 248 g/mol. The van der Waals surface area contributed by atoms with Gasteiger partial charge in [0.05, 0.1) is 6.54 Å². The third kappa shape index (κ3) is 6.49. The average molecular weight is 268 g/mol. The van der Waals surface area contributed by atoms with Gasteiger partial charge >= 0.3 is 6.09 Å². The molecule has 2 N–H and O–H groups in total. The summed E-state index contributed by atoms with van der Waals surface area (Å²) in [4.78, 5) is 22.8. The van der Waals surface area contributed by atoms with E-state index in [9.17, 15) is 9.59 Å². The molecule has 19 heavy (non-hydrogen) atoms. The Kier molecular flexibility index (Phi) is 4.97. The average Bonchev–Trinajstić information content (AvgIpc) is 2.67. The summed E-state index contributed by atoms with van der Waals surface area (Å²) in [5, 5.41) is 5.00. The highest BCUT2D eigenvalue weighted by Crippen LogP contribution is 2.06. The lowest BCUT2D eigenvalue weighted by molar-refractivity contribution is -0.120. The number of hydrogen-bond acceptors (Lipinski definition) is 4. The second kappa shape index (κ2) is 6.26. The van der Waals surface area contributed by atoms with Gasteiger partial charge in [-0.1, -0.05) is 0 Å². The van der Waals surface area contributed by atoms with Crippen molar-refractivity contribution in [2.75, 3.05) is 6.54 Å². The molecule has 0 aliphatic rings. The zero-order chi connectivity index (χ0) is 14.5. The second-order valence-corrected chi connectivity index (χ2v) is 5.14. The SMILES string of the molecule is Cc1ccc(CNC(=O)CNC(=O)OC(C)(C)C)o1. The lowest BCUT2D eigenvalue weighted by Gasteiger charge is -2.19. The van der Waals surface area contributed by atoms with Crippen LogP contribution in [0.3, 0.4) is 0 Å². The number of hydrogen-bond donors (Lipinski definition) is 2. The van der Waals surface area contributed by atoms with Gasteiger partial charge in [-0.05, 0) is 39.8 Å². The number of nitrogens with one attached hydrogen (secondary N) is 2. The van der Waals surface area contributed by atoms with Crippen LogP contribution in [0.1, 0.15) is 32.3 Å². The largest absolute Gasteiger partial charge is 0.465 e. The fraction of sp³-hybridized carbons (Fsp3) is 0.538. The maximum atomic E-state index is 11.5. The molecule has 6 heteroatoms. The van der Waals surface area contributed by atoms with Crippen molar-refractivity contribution >= 4 is 12.0 Å². The number of carbonyl (C=O) groups is 2. The van der Waals surface area contributed by atoms with Crippen molar-refractivity contribution in [1.29, 1.82) is 0 Å². The van der Waals surface area contributed by atoms with E-state index in [2.05, 4.69) is 10.6 Å². The number of furan rings is 1. The number of rotatable bonds is 4. The van der Waals surface area contributed by atoms with Crippen LogP contribution in [0.15, 0.2) is 16.5 Å². The fourth-order valence-corrected chi connectivity index (χ4v) is 1.29. The maximum Gasteiger partial charge on any atom is 0.408 e. The Morgan fingerprint density at radius 2 is 1.95 bits per heavy atom. The van der Waals surface area contributed by atoms with E-state index in [0.29, 0.717) is 12.3 Å². The van der Waals surface area contributed by atoms with Crippen LogP contribution in [0.4, 0.5) is 4.79 Å². The normalized spacial score (nSPS) is 10.9. The molecule has 0 aromatic carbocycles. The van der Waals surface area contributed by atoms with Crippen LogP contribution < -0.4 is 10.6 Å². The third-order valence-corrected chi connectivity index (χ3v) is 2.05. The zero-order valence-corrected chi connectivity index (χ0v) is 11.7. The van der Waals surface area contributed by atoms with Crippen LogP contribution in [0.25, 0.3) is 0 Å². The first kappa shape index (κ1) is 15.1. The molecule has 0 spiro atoms. The number of carbonyl (C=O) groups excluding carboxylic acids is 2. The van der Waals surface area contributed by atoms with Crippen molar-refractivity contribution in [3.05, 3.63) is 23.7 Å². The Morgan fingerprint density at radius 1 is 1.26 bits per heavy atom. The van der Waals surface area contributed by atoms with Crippen molar-refractivity contribution in [2.24, 2.45) is 0 Å². The first-order chi connectivity index (χ1) is 8.76. The van der Waals surface area contributed by atoms with Gasteiger partial charge in [0.2, 0.25) is 5.91 Å². The number of alkyl carbamates (subject to hydrolysis) is 1. The van der Waals surface area contributed by atoms with Crippen LogP contribution in [0.5, 0.6) is 0 Å². The molecule has 0 atom stereocenters. The molecule has 6 nitrogen and oxygen atoms in total. The van der Waals surface area contributed by atoms with Crippen molar-refractivity contribution in [3.63, 3.8) is 0 Å². The Morgan fingerprint density at radius 3 is 2.47 bits per heavy atom. The van der Waals surface area contributed by atoms with Gasteiger partial charge in [-0.2, -0.15) is 0 Å². The molecule has 106 valence electrons. The first-order valence-electron chi connectivity index (χ1n) is 6.05. The molecule has 0 saturated heterocycles. The minimum Gasteiger partial charge on any atom is -0.465 e. The molecule has 0 aliphatic heterocycles. The van der Waals surface area contributed by atoms with E-state index >= 15 is 0 Å². The highest BCUT2D eigenvalue weighted by atomic mass is 16.6. The van der Waals surface area contributed by atoms with E-state index in [1.807, 2.05) is 13.0 Å². The molecule has 0 aliphatic carbocycles. The Balaban J connectivity index is 2.23. The van der Waals surface area contributed by atoms with E-state index in [4.69, 9.17) is 9.15 Å². The lowest BCUT2D eigenvalue weighted by atomic mass is 10.2. The number of aryl methyl sites for hydroxylation is 1. The van der Waals surface area contributed by atoms with E-state index in [-0.39, 0.29) is 12.5 Å². The topological polar surface area (TPSA) is 80.6 Å². The Labute approximate surface area is 112 Å². The van der Waals surface area contributed by atoms with Gasteiger partial charge in [0, 0.05) is 0 Å².